The summed E-state index contributed by atoms with van der Waals surface area (Å²) >= 11 is 0. The van der Waals surface area contributed by atoms with E-state index in [-0.39, 0.29) is 5.75 Å². The second kappa shape index (κ2) is 4.58. The lowest BCUT2D eigenvalue weighted by Gasteiger charge is -2.14. The Hall–Kier alpha value is -1.47. The Kier molecular flexibility index (Phi) is 3.61. The van der Waals surface area contributed by atoms with E-state index in [0.717, 1.165) is 0 Å². The molecule has 0 unspecified atom stereocenters. The number of nitrogens with two attached hydrogens (primary N) is 2. The molecule has 7 heteroatoms. The molecule has 0 heterocycles. The van der Waals surface area contributed by atoms with Crippen LogP contribution in [0.1, 0.15) is 5.56 Å². The first-order valence-corrected chi connectivity index (χ1v) is 4.42. The molecule has 0 saturated carbocycles. The molecule has 0 aliphatic heterocycles. The van der Waals surface area contributed by atoms with Crippen LogP contribution in [-0.2, 0) is 0 Å². The van der Waals surface area contributed by atoms with Crippen molar-refractivity contribution in [3.05, 3.63) is 23.8 Å². The average molecular weight is 235 g/mol. The fourth-order valence-corrected chi connectivity index (χ4v) is 1.17. The summed E-state index contributed by atoms with van der Waals surface area (Å²) in [7, 11) is 0. The summed E-state index contributed by atoms with van der Waals surface area (Å²) < 4.78 is 39.5. The molecule has 5 N–H and O–H groups in total. The van der Waals surface area contributed by atoms with Crippen LogP contribution >= 0.6 is 0 Å². The first-order valence-electron chi connectivity index (χ1n) is 4.42. The van der Waals surface area contributed by atoms with E-state index in [1.54, 1.807) is 6.92 Å². The third-order valence-corrected chi connectivity index (χ3v) is 1.75. The number of hydrogen-bond acceptors (Lipinski definition) is 4. The molecule has 90 valence electrons. The van der Waals surface area contributed by atoms with Crippen LogP contribution in [0.15, 0.2) is 18.2 Å². The number of alkyl halides is 3. The maximum Gasteiger partial charge on any atom is 0.573 e. The normalized spacial score (nSPS) is 11.7. The standard InChI is InChI=1S/C9H12F3N3O/c1-5-4-6(16-9(10,11)12)2-3-7(5)15-8(13)14/h2-4,8,15H,13-14H2,1H3. The first kappa shape index (κ1) is 12.6. The predicted molar refractivity (Wildman–Crippen MR) is 53.6 cm³/mol. The highest BCUT2D eigenvalue weighted by Crippen LogP contribution is 2.26. The molecule has 0 saturated heterocycles. The molecule has 0 amide bonds. The molecule has 4 nitrogen and oxygen atoms in total. The van der Waals surface area contributed by atoms with Gasteiger partial charge in [0.1, 0.15) is 12.0 Å². The number of benzene rings is 1. The monoisotopic (exact) mass is 235 g/mol. The van der Waals surface area contributed by atoms with Gasteiger partial charge in [-0.1, -0.05) is 0 Å². The van der Waals surface area contributed by atoms with Gasteiger partial charge in [-0.25, -0.2) is 0 Å². The lowest BCUT2D eigenvalue weighted by Crippen LogP contribution is -2.38. The minimum atomic E-state index is -4.69. The van der Waals surface area contributed by atoms with E-state index in [0.29, 0.717) is 11.3 Å². The Bertz CT molecular complexity index is 366. The average Bonchev–Trinajstić information content (AvgIpc) is 2.06. The van der Waals surface area contributed by atoms with Gasteiger partial charge < -0.3 is 10.1 Å². The highest BCUT2D eigenvalue weighted by molar-refractivity contribution is 5.53. The summed E-state index contributed by atoms with van der Waals surface area (Å²) in [4.78, 5) is 0. The number of aryl methyl sites for hydroxylation is 1. The fraction of sp³-hybridized carbons (Fsp3) is 0.333. The van der Waals surface area contributed by atoms with Crippen molar-refractivity contribution in [3.63, 3.8) is 0 Å². The van der Waals surface area contributed by atoms with Gasteiger partial charge in [0.2, 0.25) is 0 Å². The van der Waals surface area contributed by atoms with E-state index in [1.165, 1.54) is 18.2 Å². The van der Waals surface area contributed by atoms with Gasteiger partial charge in [-0.2, -0.15) is 0 Å². The van der Waals surface area contributed by atoms with Gasteiger partial charge in [-0.05, 0) is 30.7 Å². The SMILES string of the molecule is Cc1cc(OC(F)(F)F)ccc1NC(N)N. The molecule has 0 spiro atoms. The van der Waals surface area contributed by atoms with Crippen molar-refractivity contribution in [2.75, 3.05) is 5.32 Å². The van der Waals surface area contributed by atoms with Crippen LogP contribution < -0.4 is 21.5 Å². The zero-order chi connectivity index (χ0) is 12.3. The Labute approximate surface area is 90.4 Å². The third-order valence-electron chi connectivity index (χ3n) is 1.75. The molecular formula is C9H12F3N3O. The zero-order valence-electron chi connectivity index (χ0n) is 8.51. The number of halogens is 3. The molecule has 0 atom stereocenters. The van der Waals surface area contributed by atoms with Gasteiger partial charge in [0.25, 0.3) is 0 Å². The highest BCUT2D eigenvalue weighted by atomic mass is 19.4. The second-order valence-corrected chi connectivity index (χ2v) is 3.19. The highest BCUT2D eigenvalue weighted by Gasteiger charge is 2.31. The summed E-state index contributed by atoms with van der Waals surface area (Å²) in [5.74, 6) is -0.277. The summed E-state index contributed by atoms with van der Waals surface area (Å²) in [5, 5.41) is 2.68. The van der Waals surface area contributed by atoms with Crippen molar-refractivity contribution in [1.29, 1.82) is 0 Å². The van der Waals surface area contributed by atoms with Crippen molar-refractivity contribution in [1.82, 2.24) is 0 Å². The molecular weight excluding hydrogens is 223 g/mol. The molecule has 16 heavy (non-hydrogen) atoms. The molecule has 1 rings (SSSR count). The van der Waals surface area contributed by atoms with Crippen LogP contribution in [0.3, 0.4) is 0 Å². The maximum absolute atomic E-state index is 11.9. The first-order chi connectivity index (χ1) is 7.28. The molecule has 0 fully saturated rings. The summed E-state index contributed by atoms with van der Waals surface area (Å²) in [6.07, 6.45) is -5.46. The number of hydrogen-bond donors (Lipinski definition) is 3. The maximum atomic E-state index is 11.9. The van der Waals surface area contributed by atoms with E-state index < -0.39 is 12.7 Å². The van der Waals surface area contributed by atoms with E-state index in [9.17, 15) is 13.2 Å². The smallest absolute Gasteiger partial charge is 0.406 e. The van der Waals surface area contributed by atoms with Crippen LogP contribution in [0.5, 0.6) is 5.75 Å². The lowest BCUT2D eigenvalue weighted by atomic mass is 10.2. The van der Waals surface area contributed by atoms with Crippen LogP contribution in [0.25, 0.3) is 0 Å². The predicted octanol–water partition coefficient (Wildman–Crippen LogP) is 1.51. The number of anilines is 1. The molecule has 0 aromatic heterocycles. The van der Waals surface area contributed by atoms with Crippen molar-refractivity contribution in [3.8, 4) is 5.75 Å². The largest absolute Gasteiger partial charge is 0.573 e. The van der Waals surface area contributed by atoms with Crippen LogP contribution in [0.2, 0.25) is 0 Å². The topological polar surface area (TPSA) is 73.3 Å². The molecule has 0 bridgehead atoms. The van der Waals surface area contributed by atoms with Crippen molar-refractivity contribution in [2.45, 2.75) is 19.6 Å². The van der Waals surface area contributed by atoms with Crippen LogP contribution in [0, 0.1) is 6.92 Å². The lowest BCUT2D eigenvalue weighted by molar-refractivity contribution is -0.274. The van der Waals surface area contributed by atoms with Crippen molar-refractivity contribution >= 4 is 5.69 Å². The van der Waals surface area contributed by atoms with Gasteiger partial charge in [-0.3, -0.25) is 11.5 Å². The minimum absolute atomic E-state index is 0.277. The Morgan fingerprint density at radius 3 is 2.38 bits per heavy atom. The number of ether oxygens (including phenoxy) is 1. The second-order valence-electron chi connectivity index (χ2n) is 3.19. The molecule has 1 aromatic carbocycles. The van der Waals surface area contributed by atoms with E-state index >= 15 is 0 Å². The Morgan fingerprint density at radius 2 is 1.94 bits per heavy atom. The van der Waals surface area contributed by atoms with Crippen molar-refractivity contribution in [2.24, 2.45) is 11.5 Å². The van der Waals surface area contributed by atoms with Gasteiger partial charge in [0, 0.05) is 5.69 Å². The zero-order valence-corrected chi connectivity index (χ0v) is 8.51. The van der Waals surface area contributed by atoms with Gasteiger partial charge in [-0.15, -0.1) is 13.2 Å². The van der Waals surface area contributed by atoms with Gasteiger partial charge >= 0.3 is 6.36 Å². The quantitative estimate of drug-likeness (QED) is 0.694. The van der Waals surface area contributed by atoms with Crippen LogP contribution in [-0.4, -0.2) is 12.7 Å². The van der Waals surface area contributed by atoms with Crippen LogP contribution in [0.4, 0.5) is 18.9 Å². The van der Waals surface area contributed by atoms with E-state index in [1.807, 2.05) is 0 Å². The third kappa shape index (κ3) is 3.95. The molecule has 1 aromatic rings. The number of nitrogens with one attached hydrogen (secondary N) is 1. The molecule has 0 aliphatic carbocycles. The summed E-state index contributed by atoms with van der Waals surface area (Å²) in [6, 6.07) is 3.85. The summed E-state index contributed by atoms with van der Waals surface area (Å²) in [5.41, 5.74) is 11.7. The van der Waals surface area contributed by atoms with E-state index in [2.05, 4.69) is 10.1 Å². The Balaban J connectivity index is 2.83. The van der Waals surface area contributed by atoms with Gasteiger partial charge in [0.05, 0.1) is 0 Å². The van der Waals surface area contributed by atoms with E-state index in [4.69, 9.17) is 11.5 Å². The minimum Gasteiger partial charge on any atom is -0.406 e. The van der Waals surface area contributed by atoms with Gasteiger partial charge in [0.15, 0.2) is 0 Å². The number of rotatable bonds is 3. The summed E-state index contributed by atoms with van der Waals surface area (Å²) in [6.45, 7) is 1.62. The van der Waals surface area contributed by atoms with Crippen molar-refractivity contribution < 1.29 is 17.9 Å². The Morgan fingerprint density at radius 1 is 1.31 bits per heavy atom. The fourth-order valence-electron chi connectivity index (χ4n) is 1.17. The molecule has 0 radical (unpaired) electrons. The molecule has 0 aliphatic rings.